The summed E-state index contributed by atoms with van der Waals surface area (Å²) in [6.45, 7) is 5.03. The monoisotopic (exact) mass is 452 g/mol. The molecule has 1 unspecified atom stereocenters. The highest BCUT2D eigenvalue weighted by atomic mass is 32.1. The van der Waals surface area contributed by atoms with Crippen molar-refractivity contribution in [2.75, 3.05) is 38.3 Å². The number of rotatable bonds is 6. The highest BCUT2D eigenvalue weighted by molar-refractivity contribution is 7.19. The average Bonchev–Trinajstić information content (AvgIpc) is 3.48. The number of morpholine rings is 1. The summed E-state index contributed by atoms with van der Waals surface area (Å²) in [6, 6.07) is 8.01. The first kappa shape index (κ1) is 20.8. The zero-order chi connectivity index (χ0) is 22.1. The van der Waals surface area contributed by atoms with Gasteiger partial charge in [-0.05, 0) is 19.1 Å². The summed E-state index contributed by atoms with van der Waals surface area (Å²) in [5, 5.41) is 11.1. The number of benzene rings is 1. The van der Waals surface area contributed by atoms with Gasteiger partial charge >= 0.3 is 0 Å². The number of hydrogen-bond acceptors (Lipinski definition) is 8. The van der Waals surface area contributed by atoms with Gasteiger partial charge in [0.05, 0.1) is 41.7 Å². The molecule has 10 heteroatoms. The van der Waals surface area contributed by atoms with Gasteiger partial charge in [0.25, 0.3) is 0 Å². The number of thiophene rings is 1. The van der Waals surface area contributed by atoms with Crippen molar-refractivity contribution in [1.82, 2.24) is 25.5 Å². The number of carbonyl (C=O) groups is 1. The van der Waals surface area contributed by atoms with Crippen LogP contribution in [0, 0.1) is 0 Å². The van der Waals surface area contributed by atoms with Gasteiger partial charge in [0.2, 0.25) is 5.91 Å². The second-order valence-corrected chi connectivity index (χ2v) is 8.77. The van der Waals surface area contributed by atoms with E-state index in [1.165, 1.54) is 7.11 Å². The first-order valence-corrected chi connectivity index (χ1v) is 11.3. The molecule has 1 atom stereocenters. The van der Waals surface area contributed by atoms with Crippen molar-refractivity contribution in [2.45, 2.75) is 19.6 Å². The maximum atomic E-state index is 12.1. The Labute approximate surface area is 188 Å². The molecule has 0 radical (unpaired) electrons. The molecule has 3 aromatic heterocycles. The third-order valence-corrected chi connectivity index (χ3v) is 6.72. The van der Waals surface area contributed by atoms with Gasteiger partial charge in [-0.1, -0.05) is 12.1 Å². The van der Waals surface area contributed by atoms with E-state index in [2.05, 4.69) is 20.4 Å². The van der Waals surface area contributed by atoms with Gasteiger partial charge in [0, 0.05) is 36.0 Å². The Balaban J connectivity index is 1.57. The van der Waals surface area contributed by atoms with Crippen molar-refractivity contribution >= 4 is 44.2 Å². The molecule has 4 aromatic rings. The van der Waals surface area contributed by atoms with Crippen molar-refractivity contribution in [2.24, 2.45) is 0 Å². The molecule has 0 bridgehead atoms. The van der Waals surface area contributed by atoms with Crippen molar-refractivity contribution < 1.29 is 14.3 Å². The van der Waals surface area contributed by atoms with Gasteiger partial charge in [-0.15, -0.1) is 11.3 Å². The number of fused-ring (bicyclic) bond motifs is 2. The third-order valence-electron chi connectivity index (χ3n) is 5.60. The minimum absolute atomic E-state index is 0.142. The largest absolute Gasteiger partial charge is 0.378 e. The van der Waals surface area contributed by atoms with Gasteiger partial charge in [0.1, 0.15) is 6.10 Å². The van der Waals surface area contributed by atoms with Crippen molar-refractivity contribution in [3.63, 3.8) is 0 Å². The smallest absolute Gasteiger partial charge is 0.249 e. The van der Waals surface area contributed by atoms with E-state index in [0.717, 1.165) is 50.5 Å². The first-order valence-electron chi connectivity index (χ1n) is 10.5. The van der Waals surface area contributed by atoms with Crippen LogP contribution in [0.2, 0.25) is 0 Å². The summed E-state index contributed by atoms with van der Waals surface area (Å²) in [5.74, 6) is 1.42. The summed E-state index contributed by atoms with van der Waals surface area (Å²) in [6.07, 6.45) is 1.31. The highest BCUT2D eigenvalue weighted by Crippen LogP contribution is 2.35. The minimum atomic E-state index is -0.491. The normalized spacial score (nSPS) is 15.4. The van der Waals surface area contributed by atoms with Crippen LogP contribution < -0.4 is 10.2 Å². The van der Waals surface area contributed by atoms with Crippen LogP contribution in [0.4, 0.5) is 5.82 Å². The van der Waals surface area contributed by atoms with Crippen molar-refractivity contribution in [1.29, 1.82) is 0 Å². The minimum Gasteiger partial charge on any atom is -0.378 e. The Morgan fingerprint density at radius 2 is 2.19 bits per heavy atom. The molecule has 1 amide bonds. The van der Waals surface area contributed by atoms with Crippen molar-refractivity contribution in [3.05, 3.63) is 35.3 Å². The van der Waals surface area contributed by atoms with Crippen LogP contribution in [0.3, 0.4) is 0 Å². The van der Waals surface area contributed by atoms with E-state index in [-0.39, 0.29) is 5.91 Å². The number of ether oxygens (including phenoxy) is 2. The van der Waals surface area contributed by atoms with E-state index >= 15 is 0 Å². The standard InChI is InChI=1S/C22H24N6O3S/c1-13(30-2)22(29)23-11-14-10-18-19(32-14)21(28-6-8-31-9-7-28)26-20(25-18)15-4-3-5-17-16(15)12-24-27-17/h3-5,10,12-13H,6-9,11H2,1-2H3,(H,23,29)(H,24,27). The van der Waals surface area contributed by atoms with Crippen LogP contribution in [0.15, 0.2) is 30.5 Å². The van der Waals surface area contributed by atoms with Crippen LogP contribution >= 0.6 is 11.3 Å². The molecule has 0 aliphatic carbocycles. The van der Waals surface area contributed by atoms with Gasteiger partial charge in [0.15, 0.2) is 11.6 Å². The molecular weight excluding hydrogens is 428 g/mol. The Morgan fingerprint density at radius 3 is 3.00 bits per heavy atom. The topological polar surface area (TPSA) is 105 Å². The molecule has 2 N–H and O–H groups in total. The molecule has 1 aromatic carbocycles. The Morgan fingerprint density at radius 1 is 1.34 bits per heavy atom. The summed E-state index contributed by atoms with van der Waals surface area (Å²) < 4.78 is 11.7. The number of nitrogens with zero attached hydrogens (tertiary/aromatic N) is 4. The fourth-order valence-corrected chi connectivity index (χ4v) is 4.80. The molecule has 0 spiro atoms. The number of aromatic amines is 1. The quantitative estimate of drug-likeness (QED) is 0.463. The molecule has 1 aliphatic heterocycles. The Kier molecular flexibility index (Phi) is 5.73. The second kappa shape index (κ2) is 8.81. The molecule has 1 fully saturated rings. The number of anilines is 1. The Hall–Kier alpha value is -3.08. The van der Waals surface area contributed by atoms with Crippen LogP contribution in [-0.2, 0) is 20.8 Å². The van der Waals surface area contributed by atoms with E-state index < -0.39 is 6.10 Å². The molecule has 32 heavy (non-hydrogen) atoms. The number of nitrogens with one attached hydrogen (secondary N) is 2. The number of aromatic nitrogens is 4. The molecule has 5 rings (SSSR count). The molecule has 1 saturated heterocycles. The predicted molar refractivity (Wildman–Crippen MR) is 124 cm³/mol. The molecule has 4 heterocycles. The van der Waals surface area contributed by atoms with E-state index in [1.807, 2.05) is 24.3 Å². The van der Waals surface area contributed by atoms with E-state index in [0.29, 0.717) is 25.6 Å². The third kappa shape index (κ3) is 3.92. The van der Waals surface area contributed by atoms with E-state index in [1.54, 1.807) is 24.5 Å². The number of carbonyl (C=O) groups excluding carboxylic acids is 1. The zero-order valence-electron chi connectivity index (χ0n) is 17.9. The zero-order valence-corrected chi connectivity index (χ0v) is 18.7. The van der Waals surface area contributed by atoms with Gasteiger partial charge in [-0.25, -0.2) is 9.97 Å². The first-order chi connectivity index (χ1) is 15.6. The predicted octanol–water partition coefficient (Wildman–Crippen LogP) is 2.72. The van der Waals surface area contributed by atoms with Gasteiger partial charge in [-0.3, -0.25) is 9.89 Å². The second-order valence-electron chi connectivity index (χ2n) is 7.63. The lowest BCUT2D eigenvalue weighted by Gasteiger charge is -2.28. The van der Waals surface area contributed by atoms with Gasteiger partial charge in [-0.2, -0.15) is 5.10 Å². The lowest BCUT2D eigenvalue weighted by atomic mass is 10.1. The van der Waals surface area contributed by atoms with Gasteiger partial charge < -0.3 is 19.7 Å². The maximum absolute atomic E-state index is 12.1. The molecular formula is C22H24N6O3S. The summed E-state index contributed by atoms with van der Waals surface area (Å²) in [4.78, 5) is 25.3. The number of methoxy groups -OCH3 is 1. The molecule has 0 saturated carbocycles. The van der Waals surface area contributed by atoms with Crippen LogP contribution in [0.1, 0.15) is 11.8 Å². The van der Waals surface area contributed by atoms with E-state index in [4.69, 9.17) is 19.4 Å². The SMILES string of the molecule is COC(C)C(=O)NCc1cc2nc(-c3cccc4[nH]ncc34)nc(N3CCOCC3)c2s1. The molecule has 9 nitrogen and oxygen atoms in total. The lowest BCUT2D eigenvalue weighted by Crippen LogP contribution is -2.36. The molecule has 166 valence electrons. The Bertz CT molecular complexity index is 1260. The molecule has 1 aliphatic rings. The summed E-state index contributed by atoms with van der Waals surface area (Å²) >= 11 is 1.61. The van der Waals surface area contributed by atoms with Crippen molar-refractivity contribution in [3.8, 4) is 11.4 Å². The summed E-state index contributed by atoms with van der Waals surface area (Å²) in [5.41, 5.74) is 2.74. The fraction of sp³-hybridized carbons (Fsp3) is 0.364. The van der Waals surface area contributed by atoms with Crippen LogP contribution in [0.25, 0.3) is 32.5 Å². The van der Waals surface area contributed by atoms with E-state index in [9.17, 15) is 4.79 Å². The lowest BCUT2D eigenvalue weighted by molar-refractivity contribution is -0.130. The average molecular weight is 453 g/mol. The fourth-order valence-electron chi connectivity index (χ4n) is 3.75. The highest BCUT2D eigenvalue weighted by Gasteiger charge is 2.21. The van der Waals surface area contributed by atoms with Crippen LogP contribution in [-0.4, -0.2) is 65.6 Å². The van der Waals surface area contributed by atoms with Crippen LogP contribution in [0.5, 0.6) is 0 Å². The number of amides is 1. The summed E-state index contributed by atoms with van der Waals surface area (Å²) in [7, 11) is 1.52. The number of hydrogen-bond donors (Lipinski definition) is 2. The maximum Gasteiger partial charge on any atom is 0.249 e. The number of H-pyrrole nitrogens is 1.